The number of thiophene rings is 1. The number of amides is 1. The van der Waals surface area contributed by atoms with Crippen LogP contribution in [0.4, 0.5) is 13.2 Å². The highest BCUT2D eigenvalue weighted by atomic mass is 32.1. The molecule has 0 unspecified atom stereocenters. The first kappa shape index (κ1) is 21.0. The maximum absolute atomic E-state index is 12.9. The van der Waals surface area contributed by atoms with Gasteiger partial charge in [0.25, 0.3) is 11.5 Å². The summed E-state index contributed by atoms with van der Waals surface area (Å²) in [4.78, 5) is 31.4. The molecule has 0 aliphatic heterocycles. The van der Waals surface area contributed by atoms with Gasteiger partial charge in [-0.1, -0.05) is 13.3 Å². The van der Waals surface area contributed by atoms with Crippen LogP contribution >= 0.6 is 11.3 Å². The highest BCUT2D eigenvalue weighted by molar-refractivity contribution is 7.18. The van der Waals surface area contributed by atoms with Gasteiger partial charge in [-0.15, -0.1) is 11.3 Å². The summed E-state index contributed by atoms with van der Waals surface area (Å²) in [5.74, 6) is -0.401. The van der Waals surface area contributed by atoms with Gasteiger partial charge in [0.15, 0.2) is 5.69 Å². The number of rotatable bonds is 5. The van der Waals surface area contributed by atoms with Gasteiger partial charge in [0.05, 0.1) is 5.39 Å². The van der Waals surface area contributed by atoms with Gasteiger partial charge in [-0.3, -0.25) is 19.7 Å². The molecule has 0 radical (unpaired) electrons. The predicted octanol–water partition coefficient (Wildman–Crippen LogP) is 3.57. The van der Waals surface area contributed by atoms with Gasteiger partial charge in [-0.25, -0.2) is 9.66 Å². The minimum Gasteiger partial charge on any atom is -0.271 e. The molecule has 3 aromatic rings. The standard InChI is InChI=1S/C18H20F3N5O2S/c1-5-6-12-8-13-16(29-12)22-11(4)26(17(13)28)24-15(27)10(3)25-9(2)7-14(23-25)18(19,20)21/h7-8,10H,5-6H2,1-4H3,(H,24,27)/t10-/m0/s1. The van der Waals surface area contributed by atoms with Crippen molar-refractivity contribution in [2.45, 2.75) is 52.8 Å². The zero-order chi connectivity index (χ0) is 21.5. The summed E-state index contributed by atoms with van der Waals surface area (Å²) in [6.07, 6.45) is -2.86. The van der Waals surface area contributed by atoms with Gasteiger partial charge >= 0.3 is 6.18 Å². The van der Waals surface area contributed by atoms with E-state index in [9.17, 15) is 22.8 Å². The van der Waals surface area contributed by atoms with Crippen LogP contribution in [-0.2, 0) is 17.4 Å². The summed E-state index contributed by atoms with van der Waals surface area (Å²) in [5.41, 5.74) is 1.12. The number of fused-ring (bicyclic) bond motifs is 1. The number of hydrogen-bond donors (Lipinski definition) is 1. The van der Waals surface area contributed by atoms with E-state index in [0.717, 1.165) is 33.1 Å². The molecule has 0 aromatic carbocycles. The predicted molar refractivity (Wildman–Crippen MR) is 104 cm³/mol. The molecule has 3 aromatic heterocycles. The second kappa shape index (κ2) is 7.62. The molecule has 0 aliphatic rings. The van der Waals surface area contributed by atoms with Crippen LogP contribution < -0.4 is 11.0 Å². The molecule has 7 nitrogen and oxygen atoms in total. The molecular weight excluding hydrogens is 407 g/mol. The lowest BCUT2D eigenvalue weighted by Crippen LogP contribution is -2.38. The number of aromatic nitrogens is 4. The fourth-order valence-electron chi connectivity index (χ4n) is 2.97. The SMILES string of the molecule is CCCc1cc2c(=O)n(NC(=O)[C@H](C)n3nc(C(F)(F)F)cc3C)c(C)nc2s1. The van der Waals surface area contributed by atoms with Crippen LogP contribution in [0, 0.1) is 13.8 Å². The third-order valence-electron chi connectivity index (χ3n) is 4.46. The number of hydrogen-bond acceptors (Lipinski definition) is 5. The highest BCUT2D eigenvalue weighted by Gasteiger charge is 2.35. The second-order valence-corrected chi connectivity index (χ2v) is 7.86. The Morgan fingerprint density at radius 1 is 1.31 bits per heavy atom. The Bertz CT molecular complexity index is 1130. The van der Waals surface area contributed by atoms with E-state index in [1.54, 1.807) is 13.0 Å². The molecule has 0 bridgehead atoms. The second-order valence-electron chi connectivity index (χ2n) is 6.75. The number of halogens is 3. The first-order valence-corrected chi connectivity index (χ1v) is 9.80. The van der Waals surface area contributed by atoms with Gasteiger partial charge in [-0.2, -0.15) is 18.3 Å². The van der Waals surface area contributed by atoms with Crippen molar-refractivity contribution in [3.05, 3.63) is 44.6 Å². The van der Waals surface area contributed by atoms with Gasteiger partial charge < -0.3 is 0 Å². The summed E-state index contributed by atoms with van der Waals surface area (Å²) >= 11 is 1.43. The van der Waals surface area contributed by atoms with Gasteiger partial charge in [0.2, 0.25) is 0 Å². The molecule has 0 aliphatic carbocycles. The van der Waals surface area contributed by atoms with Gasteiger partial charge in [-0.05, 0) is 39.3 Å². The summed E-state index contributed by atoms with van der Waals surface area (Å²) in [6.45, 7) is 6.44. The highest BCUT2D eigenvalue weighted by Crippen LogP contribution is 2.29. The van der Waals surface area contributed by atoms with Crippen LogP contribution in [0.5, 0.6) is 0 Å². The molecule has 156 valence electrons. The number of carbonyl (C=O) groups excluding carboxylic acids is 1. The van der Waals surface area contributed by atoms with Crippen LogP contribution in [0.15, 0.2) is 16.9 Å². The van der Waals surface area contributed by atoms with E-state index in [1.165, 1.54) is 25.2 Å². The van der Waals surface area contributed by atoms with E-state index < -0.39 is 29.4 Å². The topological polar surface area (TPSA) is 81.8 Å². The Balaban J connectivity index is 1.91. The Hall–Kier alpha value is -2.69. The molecule has 1 atom stereocenters. The quantitative estimate of drug-likeness (QED) is 0.675. The van der Waals surface area contributed by atoms with Crippen LogP contribution in [0.3, 0.4) is 0 Å². The Morgan fingerprint density at radius 2 is 2.00 bits per heavy atom. The number of alkyl halides is 3. The molecule has 0 spiro atoms. The molecule has 0 saturated carbocycles. The van der Waals surface area contributed by atoms with E-state index in [0.29, 0.717) is 10.2 Å². The summed E-state index contributed by atoms with van der Waals surface area (Å²) < 4.78 is 40.6. The number of aryl methyl sites for hydroxylation is 3. The van der Waals surface area contributed by atoms with Gasteiger partial charge in [0, 0.05) is 10.6 Å². The van der Waals surface area contributed by atoms with Crippen molar-refractivity contribution in [3.63, 3.8) is 0 Å². The molecule has 11 heteroatoms. The van der Waals surface area contributed by atoms with Crippen LogP contribution in [-0.4, -0.2) is 25.3 Å². The summed E-state index contributed by atoms with van der Waals surface area (Å²) in [7, 11) is 0. The minimum absolute atomic E-state index is 0.180. The summed E-state index contributed by atoms with van der Waals surface area (Å²) in [6, 6.07) is 1.57. The van der Waals surface area contributed by atoms with Crippen LogP contribution in [0.1, 0.15) is 48.4 Å². The smallest absolute Gasteiger partial charge is 0.271 e. The first-order chi connectivity index (χ1) is 13.5. The molecule has 3 rings (SSSR count). The Morgan fingerprint density at radius 3 is 2.59 bits per heavy atom. The molecule has 0 fully saturated rings. The van der Waals surface area contributed by atoms with Crippen molar-refractivity contribution < 1.29 is 18.0 Å². The van der Waals surface area contributed by atoms with E-state index in [1.807, 2.05) is 6.92 Å². The lowest BCUT2D eigenvalue weighted by molar-refractivity contribution is -0.141. The molecule has 0 saturated heterocycles. The lowest BCUT2D eigenvalue weighted by Gasteiger charge is -2.16. The van der Waals surface area contributed by atoms with Crippen molar-refractivity contribution in [1.29, 1.82) is 0 Å². The monoisotopic (exact) mass is 427 g/mol. The van der Waals surface area contributed by atoms with E-state index >= 15 is 0 Å². The summed E-state index contributed by atoms with van der Waals surface area (Å²) in [5, 5.41) is 3.89. The zero-order valence-electron chi connectivity index (χ0n) is 16.3. The number of carbonyl (C=O) groups is 1. The molecule has 1 N–H and O–H groups in total. The third-order valence-corrected chi connectivity index (χ3v) is 5.55. The molecular formula is C18H20F3N5O2S. The maximum Gasteiger partial charge on any atom is 0.435 e. The minimum atomic E-state index is -4.61. The van der Waals surface area contributed by atoms with Crippen molar-refractivity contribution in [1.82, 2.24) is 19.4 Å². The average molecular weight is 427 g/mol. The number of nitrogens with zero attached hydrogens (tertiary/aromatic N) is 4. The lowest BCUT2D eigenvalue weighted by atomic mass is 10.2. The Labute approximate surface area is 168 Å². The van der Waals surface area contributed by atoms with Crippen molar-refractivity contribution in [2.75, 3.05) is 5.43 Å². The number of nitrogens with one attached hydrogen (secondary N) is 1. The van der Waals surface area contributed by atoms with Crippen molar-refractivity contribution in [3.8, 4) is 0 Å². The van der Waals surface area contributed by atoms with Gasteiger partial charge in [0.1, 0.15) is 16.7 Å². The van der Waals surface area contributed by atoms with E-state index in [2.05, 4.69) is 15.5 Å². The fourth-order valence-corrected chi connectivity index (χ4v) is 4.13. The third kappa shape index (κ3) is 4.04. The van der Waals surface area contributed by atoms with E-state index in [4.69, 9.17) is 0 Å². The van der Waals surface area contributed by atoms with Crippen LogP contribution in [0.2, 0.25) is 0 Å². The zero-order valence-corrected chi connectivity index (χ0v) is 17.1. The van der Waals surface area contributed by atoms with Crippen molar-refractivity contribution >= 4 is 27.5 Å². The normalized spacial score (nSPS) is 13.1. The molecule has 3 heterocycles. The fraction of sp³-hybridized carbons (Fsp3) is 0.444. The average Bonchev–Trinajstić information content (AvgIpc) is 3.21. The molecule has 1 amide bonds. The largest absolute Gasteiger partial charge is 0.435 e. The maximum atomic E-state index is 12.9. The Kier molecular flexibility index (Phi) is 5.52. The van der Waals surface area contributed by atoms with Crippen molar-refractivity contribution in [2.24, 2.45) is 0 Å². The first-order valence-electron chi connectivity index (χ1n) is 8.99. The molecule has 29 heavy (non-hydrogen) atoms. The van der Waals surface area contributed by atoms with E-state index in [-0.39, 0.29) is 11.5 Å². The van der Waals surface area contributed by atoms with Crippen LogP contribution in [0.25, 0.3) is 10.2 Å².